The van der Waals surface area contributed by atoms with Crippen LogP contribution in [0.4, 0.5) is 5.69 Å². The van der Waals surface area contributed by atoms with Crippen LogP contribution < -0.4 is 5.32 Å². The van der Waals surface area contributed by atoms with E-state index in [0.717, 1.165) is 0 Å². The van der Waals surface area contributed by atoms with Crippen molar-refractivity contribution in [3.63, 3.8) is 0 Å². The van der Waals surface area contributed by atoms with Gasteiger partial charge in [-0.15, -0.1) is 0 Å². The highest BCUT2D eigenvalue weighted by molar-refractivity contribution is 7.89. The summed E-state index contributed by atoms with van der Waals surface area (Å²) in [6, 6.07) is 7.73. The molecule has 1 heterocycles. The Morgan fingerprint density at radius 2 is 1.89 bits per heavy atom. The first-order valence-corrected chi connectivity index (χ1v) is 10.2. The van der Waals surface area contributed by atoms with Gasteiger partial charge in [0.2, 0.25) is 10.0 Å². The lowest BCUT2D eigenvalue weighted by molar-refractivity contribution is -0.119. The van der Waals surface area contributed by atoms with Crippen LogP contribution >= 0.6 is 0 Å². The van der Waals surface area contributed by atoms with Gasteiger partial charge in [-0.05, 0) is 36.8 Å². The molecule has 0 atom stereocenters. The number of rotatable bonds is 8. The van der Waals surface area contributed by atoms with Gasteiger partial charge in [-0.2, -0.15) is 4.31 Å². The van der Waals surface area contributed by atoms with Gasteiger partial charge in [-0.3, -0.25) is 9.78 Å². The van der Waals surface area contributed by atoms with E-state index in [4.69, 9.17) is 4.74 Å². The molecule has 0 fully saturated rings. The molecular formula is C19H23N3O5S. The fourth-order valence-corrected chi connectivity index (χ4v) is 4.26. The molecule has 0 radical (unpaired) electrons. The van der Waals surface area contributed by atoms with E-state index in [0.29, 0.717) is 24.3 Å². The number of carbonyl (C=O) groups excluding carboxylic acids is 2. The SMILES string of the molecule is CCN(CC)S(=O)(=O)c1cc(NC(=O)COC(=O)c2cccnc2)ccc1C. The second-order valence-corrected chi connectivity index (χ2v) is 7.84. The number of amides is 1. The zero-order chi connectivity index (χ0) is 20.7. The summed E-state index contributed by atoms with van der Waals surface area (Å²) in [6.45, 7) is 5.41. The topological polar surface area (TPSA) is 106 Å². The minimum absolute atomic E-state index is 0.126. The Hall–Kier alpha value is -2.78. The number of sulfonamides is 1. The lowest BCUT2D eigenvalue weighted by Gasteiger charge is -2.20. The van der Waals surface area contributed by atoms with Crippen LogP contribution in [0.25, 0.3) is 0 Å². The standard InChI is InChI=1S/C19H23N3O5S/c1-4-22(5-2)28(25,26)17-11-16(9-8-14(17)3)21-18(23)13-27-19(24)15-7-6-10-20-12-15/h6-12H,4-5,13H2,1-3H3,(H,21,23). The minimum atomic E-state index is -3.66. The Kier molecular flexibility index (Phi) is 7.24. The highest BCUT2D eigenvalue weighted by Gasteiger charge is 2.24. The van der Waals surface area contributed by atoms with Crippen LogP contribution in [0.3, 0.4) is 0 Å². The maximum Gasteiger partial charge on any atom is 0.340 e. The molecular weight excluding hydrogens is 382 g/mol. The van der Waals surface area contributed by atoms with Crippen LogP contribution in [-0.4, -0.2) is 49.3 Å². The number of esters is 1. The second-order valence-electron chi connectivity index (χ2n) is 5.94. The van der Waals surface area contributed by atoms with E-state index in [1.165, 1.54) is 28.8 Å². The Morgan fingerprint density at radius 3 is 2.50 bits per heavy atom. The average Bonchev–Trinajstić information content (AvgIpc) is 2.69. The minimum Gasteiger partial charge on any atom is -0.452 e. The number of anilines is 1. The quantitative estimate of drug-likeness (QED) is 0.675. The molecule has 0 spiro atoms. The third-order valence-electron chi connectivity index (χ3n) is 4.03. The summed E-state index contributed by atoms with van der Waals surface area (Å²) < 4.78 is 31.8. The first-order chi connectivity index (χ1) is 13.3. The lowest BCUT2D eigenvalue weighted by Crippen LogP contribution is -2.31. The zero-order valence-corrected chi connectivity index (χ0v) is 16.8. The number of ether oxygens (including phenoxy) is 1. The number of nitrogens with one attached hydrogen (secondary N) is 1. The van der Waals surface area contributed by atoms with Gasteiger partial charge in [0, 0.05) is 31.2 Å². The van der Waals surface area contributed by atoms with Gasteiger partial charge in [0.1, 0.15) is 0 Å². The van der Waals surface area contributed by atoms with Crippen molar-refractivity contribution in [1.29, 1.82) is 0 Å². The number of carbonyl (C=O) groups is 2. The van der Waals surface area contributed by atoms with Crippen LogP contribution in [0.5, 0.6) is 0 Å². The van der Waals surface area contributed by atoms with Gasteiger partial charge in [0.15, 0.2) is 6.61 Å². The Labute approximate surface area is 164 Å². The smallest absolute Gasteiger partial charge is 0.340 e. The fourth-order valence-electron chi connectivity index (χ4n) is 2.55. The predicted octanol–water partition coefficient (Wildman–Crippen LogP) is 2.22. The van der Waals surface area contributed by atoms with Crippen LogP contribution in [0.2, 0.25) is 0 Å². The number of aryl methyl sites for hydroxylation is 1. The first-order valence-electron chi connectivity index (χ1n) is 8.77. The molecule has 1 aromatic heterocycles. The predicted molar refractivity (Wildman–Crippen MR) is 104 cm³/mol. The molecule has 2 rings (SSSR count). The average molecular weight is 405 g/mol. The number of pyridine rings is 1. The third-order valence-corrected chi connectivity index (χ3v) is 6.22. The highest BCUT2D eigenvalue weighted by atomic mass is 32.2. The maximum atomic E-state index is 12.8. The van der Waals surface area contributed by atoms with Crippen molar-refractivity contribution in [2.24, 2.45) is 0 Å². The molecule has 0 aliphatic carbocycles. The fraction of sp³-hybridized carbons (Fsp3) is 0.316. The van der Waals surface area contributed by atoms with E-state index in [1.54, 1.807) is 39.0 Å². The Morgan fingerprint density at radius 1 is 1.18 bits per heavy atom. The zero-order valence-electron chi connectivity index (χ0n) is 16.0. The highest BCUT2D eigenvalue weighted by Crippen LogP contribution is 2.23. The lowest BCUT2D eigenvalue weighted by atomic mass is 10.2. The molecule has 0 aliphatic rings. The summed E-state index contributed by atoms with van der Waals surface area (Å²) in [5.41, 5.74) is 1.12. The monoisotopic (exact) mass is 405 g/mol. The first kappa shape index (κ1) is 21.5. The molecule has 8 nitrogen and oxygen atoms in total. The third kappa shape index (κ3) is 5.14. The van der Waals surface area contributed by atoms with Crippen molar-refractivity contribution in [3.8, 4) is 0 Å². The Balaban J connectivity index is 2.08. The van der Waals surface area contributed by atoms with E-state index >= 15 is 0 Å². The Bertz CT molecular complexity index is 941. The molecule has 1 amide bonds. The van der Waals surface area contributed by atoms with Gasteiger partial charge in [-0.25, -0.2) is 13.2 Å². The largest absolute Gasteiger partial charge is 0.452 e. The normalized spacial score (nSPS) is 11.3. The van der Waals surface area contributed by atoms with Crippen LogP contribution in [0, 0.1) is 6.92 Å². The van der Waals surface area contributed by atoms with Gasteiger partial charge in [0.25, 0.3) is 5.91 Å². The summed E-state index contributed by atoms with van der Waals surface area (Å²) in [7, 11) is -3.66. The number of hydrogen-bond donors (Lipinski definition) is 1. The number of hydrogen-bond acceptors (Lipinski definition) is 6. The van der Waals surface area contributed by atoms with Crippen molar-refractivity contribution in [3.05, 3.63) is 53.9 Å². The summed E-state index contributed by atoms with van der Waals surface area (Å²) in [5.74, 6) is -1.25. The molecule has 1 N–H and O–H groups in total. The van der Waals surface area contributed by atoms with Crippen molar-refractivity contribution < 1.29 is 22.7 Å². The molecule has 1 aromatic carbocycles. The summed E-state index contributed by atoms with van der Waals surface area (Å²) in [5, 5.41) is 2.55. The van der Waals surface area contributed by atoms with Crippen molar-refractivity contribution in [2.75, 3.05) is 25.0 Å². The van der Waals surface area contributed by atoms with Gasteiger partial charge < -0.3 is 10.1 Å². The summed E-state index contributed by atoms with van der Waals surface area (Å²) >= 11 is 0. The number of nitrogens with zero attached hydrogens (tertiary/aromatic N) is 2. The summed E-state index contributed by atoms with van der Waals surface area (Å²) in [6.07, 6.45) is 2.86. The molecule has 0 saturated carbocycles. The molecule has 2 aromatic rings. The number of benzene rings is 1. The van der Waals surface area contributed by atoms with E-state index in [-0.39, 0.29) is 10.5 Å². The van der Waals surface area contributed by atoms with Gasteiger partial charge in [0.05, 0.1) is 10.5 Å². The van der Waals surface area contributed by atoms with Crippen molar-refractivity contribution in [2.45, 2.75) is 25.7 Å². The van der Waals surface area contributed by atoms with E-state index in [1.807, 2.05) is 0 Å². The molecule has 150 valence electrons. The molecule has 0 bridgehead atoms. The number of aromatic nitrogens is 1. The molecule has 0 saturated heterocycles. The van der Waals surface area contributed by atoms with Crippen molar-refractivity contribution in [1.82, 2.24) is 9.29 Å². The van der Waals surface area contributed by atoms with E-state index in [2.05, 4.69) is 10.3 Å². The second kappa shape index (κ2) is 9.43. The van der Waals surface area contributed by atoms with E-state index in [9.17, 15) is 18.0 Å². The van der Waals surface area contributed by atoms with Crippen LogP contribution in [0.15, 0.2) is 47.6 Å². The summed E-state index contributed by atoms with van der Waals surface area (Å²) in [4.78, 5) is 27.9. The maximum absolute atomic E-state index is 12.8. The molecule has 28 heavy (non-hydrogen) atoms. The molecule has 9 heteroatoms. The molecule has 0 unspecified atom stereocenters. The van der Waals surface area contributed by atoms with Crippen LogP contribution in [0.1, 0.15) is 29.8 Å². The van der Waals surface area contributed by atoms with E-state index < -0.39 is 28.5 Å². The molecule has 0 aliphatic heterocycles. The van der Waals surface area contributed by atoms with Crippen LogP contribution in [-0.2, 0) is 19.6 Å². The van der Waals surface area contributed by atoms with Gasteiger partial charge >= 0.3 is 5.97 Å². The van der Waals surface area contributed by atoms with Gasteiger partial charge in [-0.1, -0.05) is 19.9 Å². The van der Waals surface area contributed by atoms with Crippen molar-refractivity contribution >= 4 is 27.6 Å².